The number of ether oxygens (including phenoxy) is 2. The Morgan fingerprint density at radius 2 is 1.71 bits per heavy atom. The first-order chi connectivity index (χ1) is 17.8. The molecule has 1 aromatic rings. The van der Waals surface area contributed by atoms with Crippen LogP contribution in [0.25, 0.3) is 0 Å². The molecule has 1 aliphatic heterocycles. The Morgan fingerprint density at radius 3 is 2.26 bits per heavy atom. The first-order valence-electron chi connectivity index (χ1n) is 13.1. The summed E-state index contributed by atoms with van der Waals surface area (Å²) in [6.45, 7) is 0.580. The maximum absolute atomic E-state index is 15.1. The molecule has 1 heterocycles. The third-order valence-corrected chi connectivity index (χ3v) is 10.7. The lowest BCUT2D eigenvalue weighted by Crippen LogP contribution is -2.59. The van der Waals surface area contributed by atoms with Crippen molar-refractivity contribution in [3.63, 3.8) is 0 Å². The lowest BCUT2D eigenvalue weighted by molar-refractivity contribution is -0.240. The summed E-state index contributed by atoms with van der Waals surface area (Å²) in [5.41, 5.74) is -1.62. The fourth-order valence-electron chi connectivity index (χ4n) is 7.49. The van der Waals surface area contributed by atoms with Crippen molar-refractivity contribution in [2.24, 2.45) is 17.3 Å². The van der Waals surface area contributed by atoms with E-state index >= 15 is 4.39 Å². The van der Waals surface area contributed by atoms with Gasteiger partial charge in [0.15, 0.2) is 0 Å². The van der Waals surface area contributed by atoms with Crippen molar-refractivity contribution >= 4 is 21.1 Å². The van der Waals surface area contributed by atoms with E-state index in [1.807, 2.05) is 0 Å². The van der Waals surface area contributed by atoms with Gasteiger partial charge in [-0.05, 0) is 87.2 Å². The van der Waals surface area contributed by atoms with Gasteiger partial charge in [0.05, 0.1) is 12.2 Å². The van der Waals surface area contributed by atoms with E-state index < -0.39 is 49.7 Å². The van der Waals surface area contributed by atoms with Crippen LogP contribution < -0.4 is 4.74 Å². The lowest BCUT2D eigenvalue weighted by atomic mass is 9.48. The monoisotopic (exact) mass is 559 g/mol. The van der Waals surface area contributed by atoms with Gasteiger partial charge in [0.1, 0.15) is 17.2 Å². The molecule has 4 bridgehead atoms. The number of hydrogen-bond donors (Lipinski definition) is 0. The summed E-state index contributed by atoms with van der Waals surface area (Å²) in [5.74, 6) is -2.68. The zero-order chi connectivity index (χ0) is 27.1. The van der Waals surface area contributed by atoms with Gasteiger partial charge in [-0.2, -0.15) is 17.5 Å². The normalized spacial score (nSPS) is 32.6. The Hall–Kier alpha value is -2.21. The van der Waals surface area contributed by atoms with Crippen LogP contribution in [0.1, 0.15) is 79.6 Å². The number of benzene rings is 1. The molecule has 7 nitrogen and oxygen atoms in total. The van der Waals surface area contributed by atoms with E-state index in [0.29, 0.717) is 24.8 Å². The topological polar surface area (TPSA) is 90.0 Å². The summed E-state index contributed by atoms with van der Waals surface area (Å²) >= 11 is 0. The Morgan fingerprint density at radius 1 is 1.05 bits per heavy atom. The van der Waals surface area contributed by atoms with Crippen LogP contribution in [-0.4, -0.2) is 55.3 Å². The van der Waals surface area contributed by atoms with Crippen LogP contribution in [0.5, 0.6) is 5.75 Å². The number of halogens is 4. The van der Waals surface area contributed by atoms with Crippen molar-refractivity contribution in [3.05, 3.63) is 29.1 Å². The largest absolute Gasteiger partial charge is 0.493 e. The van der Waals surface area contributed by atoms with E-state index in [4.69, 9.17) is 9.47 Å². The minimum absolute atomic E-state index is 0.0132. The average molecular weight is 560 g/mol. The molecule has 0 amide bonds. The van der Waals surface area contributed by atoms with Crippen molar-refractivity contribution in [2.75, 3.05) is 19.7 Å². The first kappa shape index (κ1) is 26.0. The highest BCUT2D eigenvalue weighted by atomic mass is 32.2. The smallest absolute Gasteiger partial charge is 0.490 e. The molecule has 5 saturated carbocycles. The molecule has 38 heavy (non-hydrogen) atoms. The molecule has 0 spiro atoms. The number of hydrogen-bond acceptors (Lipinski definition) is 6. The number of alkyl halides is 3. The molecule has 12 heteroatoms. The molecule has 0 N–H and O–H groups in total. The molecule has 6 fully saturated rings. The van der Waals surface area contributed by atoms with E-state index in [-0.39, 0.29) is 49.6 Å². The number of carbonyl (C=O) groups is 2. The van der Waals surface area contributed by atoms with Gasteiger partial charge < -0.3 is 9.47 Å². The van der Waals surface area contributed by atoms with Crippen molar-refractivity contribution in [1.82, 2.24) is 4.31 Å². The Balaban J connectivity index is 1.24. The van der Waals surface area contributed by atoms with Gasteiger partial charge in [0, 0.05) is 24.6 Å². The zero-order valence-electron chi connectivity index (χ0n) is 20.7. The third-order valence-electron chi connectivity index (χ3n) is 8.93. The molecule has 208 valence electrons. The minimum atomic E-state index is -5.06. The van der Waals surface area contributed by atoms with Gasteiger partial charge in [-0.25, -0.2) is 17.6 Å². The summed E-state index contributed by atoms with van der Waals surface area (Å²) in [6.07, 6.45) is 0.538. The van der Waals surface area contributed by atoms with Gasteiger partial charge in [-0.15, -0.1) is 0 Å². The van der Waals surface area contributed by atoms with Crippen molar-refractivity contribution < 1.29 is 45.0 Å². The maximum atomic E-state index is 15.1. The average Bonchev–Trinajstić information content (AvgIpc) is 3.59. The highest BCUT2D eigenvalue weighted by molar-refractivity contribution is 8.04. The molecule has 1 aromatic carbocycles. The molecule has 7 rings (SSSR count). The summed E-state index contributed by atoms with van der Waals surface area (Å²) in [4.78, 5) is 24.5. The predicted octanol–water partition coefficient (Wildman–Crippen LogP) is 4.70. The molecule has 2 unspecified atom stereocenters. The van der Waals surface area contributed by atoms with E-state index in [9.17, 15) is 31.2 Å². The van der Waals surface area contributed by atoms with Crippen molar-refractivity contribution in [3.8, 4) is 5.75 Å². The molecule has 0 aromatic heterocycles. The van der Waals surface area contributed by atoms with Crippen LogP contribution in [0, 0.1) is 23.1 Å². The van der Waals surface area contributed by atoms with Crippen LogP contribution in [-0.2, 0) is 19.6 Å². The fraction of sp³-hybridized carbons (Fsp3) is 0.692. The Kier molecular flexibility index (Phi) is 5.92. The highest BCUT2D eigenvalue weighted by Gasteiger charge is 2.61. The summed E-state index contributed by atoms with van der Waals surface area (Å²) in [6, 6.07) is 2.35. The lowest BCUT2D eigenvalue weighted by Gasteiger charge is -2.60. The highest BCUT2D eigenvalue weighted by Crippen LogP contribution is 2.63. The second kappa shape index (κ2) is 8.64. The maximum Gasteiger partial charge on any atom is 0.490 e. The molecular formula is C26H29F4NO6S. The molecule has 1 saturated heterocycles. The summed E-state index contributed by atoms with van der Waals surface area (Å²) in [5, 5.41) is -1.27. The number of carbonyl (C=O) groups excluding carboxylic acids is 2. The molecular weight excluding hydrogens is 530 g/mol. The molecule has 2 atom stereocenters. The Labute approximate surface area is 217 Å². The van der Waals surface area contributed by atoms with Gasteiger partial charge in [-0.3, -0.25) is 4.79 Å². The molecule has 6 aliphatic rings. The van der Waals surface area contributed by atoms with Crippen molar-refractivity contribution in [2.45, 2.75) is 75.5 Å². The second-order valence-corrected chi connectivity index (χ2v) is 13.8. The zero-order valence-corrected chi connectivity index (χ0v) is 21.5. The third kappa shape index (κ3) is 4.51. The number of sulfonamides is 1. The number of nitrogens with zero attached hydrogens (tertiary/aromatic N) is 1. The molecule has 5 aliphatic carbocycles. The van der Waals surface area contributed by atoms with E-state index in [1.54, 1.807) is 0 Å². The standard InChI is InChI=1S/C26H29F4NO6S/c27-20-8-21(18(17-2-3-17)7-19(20)22(32)38(34,35)31-4-1-5-31)36-14-24-9-15-6-16(10-24)12-25(11-15,13-24)37-23(33)26(28,29)30/h7-8,15-17H,1-6,9-14H2. The van der Waals surface area contributed by atoms with Gasteiger partial charge in [0.25, 0.3) is 15.1 Å². The van der Waals surface area contributed by atoms with Crippen LogP contribution in [0.3, 0.4) is 0 Å². The van der Waals surface area contributed by atoms with E-state index in [2.05, 4.69) is 0 Å². The first-order valence-corrected chi connectivity index (χ1v) is 14.5. The van der Waals surface area contributed by atoms with Gasteiger partial charge in [-0.1, -0.05) is 0 Å². The SMILES string of the molecule is O=C(OC12CC3CC(CC(COc4cc(F)c(C(=O)S(=O)(=O)N5CCC5)cc4C4CC4)(C3)C1)C2)C(F)(F)F. The second-order valence-electron chi connectivity index (χ2n) is 12.0. The van der Waals surface area contributed by atoms with Gasteiger partial charge >= 0.3 is 12.1 Å². The molecule has 0 radical (unpaired) electrons. The van der Waals surface area contributed by atoms with E-state index in [0.717, 1.165) is 42.5 Å². The summed E-state index contributed by atoms with van der Waals surface area (Å²) < 4.78 is 91.6. The van der Waals surface area contributed by atoms with Crippen LogP contribution in [0.2, 0.25) is 0 Å². The van der Waals surface area contributed by atoms with Crippen molar-refractivity contribution in [1.29, 1.82) is 0 Å². The predicted molar refractivity (Wildman–Crippen MR) is 125 cm³/mol. The van der Waals surface area contributed by atoms with E-state index in [1.165, 1.54) is 6.07 Å². The number of rotatable bonds is 7. The van der Waals surface area contributed by atoms with Crippen LogP contribution in [0.15, 0.2) is 12.1 Å². The van der Waals surface area contributed by atoms with Crippen LogP contribution in [0.4, 0.5) is 17.6 Å². The fourth-order valence-corrected chi connectivity index (χ4v) is 8.90. The Bertz CT molecular complexity index is 1270. The quantitative estimate of drug-likeness (QED) is 0.355. The summed E-state index contributed by atoms with van der Waals surface area (Å²) in [7, 11) is -4.29. The number of esters is 1. The minimum Gasteiger partial charge on any atom is -0.493 e. The van der Waals surface area contributed by atoms with Gasteiger partial charge in [0.2, 0.25) is 0 Å². The van der Waals surface area contributed by atoms with Crippen LogP contribution >= 0.6 is 0 Å².